The van der Waals surface area contributed by atoms with Crippen molar-refractivity contribution in [2.75, 3.05) is 19.7 Å². The first-order chi connectivity index (χ1) is 17.3. The van der Waals surface area contributed by atoms with Crippen LogP contribution in [0.15, 0.2) is 58.1 Å². The minimum absolute atomic E-state index is 0.0480. The van der Waals surface area contributed by atoms with Crippen LogP contribution in [0.3, 0.4) is 0 Å². The summed E-state index contributed by atoms with van der Waals surface area (Å²) >= 11 is 0. The third-order valence-electron chi connectivity index (χ3n) is 5.92. The van der Waals surface area contributed by atoms with E-state index in [1.165, 1.54) is 41.3 Å². The van der Waals surface area contributed by atoms with Crippen molar-refractivity contribution in [3.05, 3.63) is 92.3 Å². The number of rotatable bonds is 6. The van der Waals surface area contributed by atoms with Gasteiger partial charge in [0.05, 0.1) is 24.8 Å². The third kappa shape index (κ3) is 5.24. The monoisotopic (exact) mass is 498 g/mol. The molecule has 1 aliphatic heterocycles. The lowest BCUT2D eigenvalue weighted by molar-refractivity contribution is -0.149. The number of carbonyl (C=O) groups excluding carboxylic acids is 2. The number of hydrogen-bond donors (Lipinski definition) is 0. The van der Waals surface area contributed by atoms with Gasteiger partial charge in [-0.3, -0.25) is 19.0 Å². The summed E-state index contributed by atoms with van der Waals surface area (Å²) < 4.78 is 33.6. The van der Waals surface area contributed by atoms with Crippen molar-refractivity contribution >= 4 is 11.9 Å². The van der Waals surface area contributed by atoms with Gasteiger partial charge in [-0.15, -0.1) is 0 Å². The zero-order valence-electron chi connectivity index (χ0n) is 19.5. The molecule has 0 radical (unpaired) electrons. The van der Waals surface area contributed by atoms with Crippen LogP contribution in [0.5, 0.6) is 0 Å². The molecule has 4 rings (SSSR count). The predicted molar refractivity (Wildman–Crippen MR) is 125 cm³/mol. The largest absolute Gasteiger partial charge is 0.466 e. The van der Waals surface area contributed by atoms with Crippen LogP contribution < -0.4 is 11.2 Å². The smallest absolute Gasteiger partial charge is 0.352 e. The first-order valence-corrected chi connectivity index (χ1v) is 11.5. The molecule has 1 aromatic heterocycles. The second-order valence-corrected chi connectivity index (χ2v) is 8.38. The lowest BCUT2D eigenvalue weighted by atomic mass is 9.98. The van der Waals surface area contributed by atoms with Crippen LogP contribution in [-0.2, 0) is 16.1 Å². The summed E-state index contributed by atoms with van der Waals surface area (Å²) in [5, 5.41) is 4.05. The number of piperidine rings is 1. The van der Waals surface area contributed by atoms with Crippen molar-refractivity contribution in [3.8, 4) is 5.69 Å². The third-order valence-corrected chi connectivity index (χ3v) is 5.92. The molecule has 9 nitrogen and oxygen atoms in total. The number of ether oxygens (including phenoxy) is 1. The van der Waals surface area contributed by atoms with Gasteiger partial charge in [-0.2, -0.15) is 9.78 Å². The van der Waals surface area contributed by atoms with Crippen LogP contribution in [-0.4, -0.2) is 50.8 Å². The predicted octanol–water partition coefficient (Wildman–Crippen LogP) is 2.14. The van der Waals surface area contributed by atoms with E-state index in [-0.39, 0.29) is 25.4 Å². The minimum Gasteiger partial charge on any atom is -0.466 e. The van der Waals surface area contributed by atoms with E-state index >= 15 is 0 Å². The highest BCUT2D eigenvalue weighted by Crippen LogP contribution is 2.19. The maximum absolute atomic E-state index is 13.5. The Morgan fingerprint density at radius 3 is 2.31 bits per heavy atom. The average molecular weight is 498 g/mol. The van der Waals surface area contributed by atoms with Gasteiger partial charge in [0.15, 0.2) is 0 Å². The van der Waals surface area contributed by atoms with Crippen molar-refractivity contribution in [1.29, 1.82) is 0 Å². The van der Waals surface area contributed by atoms with Crippen LogP contribution in [0, 0.1) is 17.6 Å². The first kappa shape index (κ1) is 25.0. The number of amides is 1. The summed E-state index contributed by atoms with van der Waals surface area (Å²) in [6.07, 6.45) is 1.07. The van der Waals surface area contributed by atoms with Crippen molar-refractivity contribution in [2.24, 2.45) is 5.92 Å². The van der Waals surface area contributed by atoms with E-state index in [2.05, 4.69) is 5.10 Å². The molecule has 0 spiro atoms. The molecule has 1 atom stereocenters. The molecule has 3 aromatic rings. The molecule has 0 bridgehead atoms. The van der Waals surface area contributed by atoms with Gasteiger partial charge in [-0.05, 0) is 61.7 Å². The summed E-state index contributed by atoms with van der Waals surface area (Å²) in [5.41, 5.74) is -1.70. The Bertz CT molecular complexity index is 1380. The van der Waals surface area contributed by atoms with E-state index < -0.39 is 46.4 Å². The van der Waals surface area contributed by atoms with E-state index in [0.717, 1.165) is 21.4 Å². The zero-order chi connectivity index (χ0) is 25.8. The second kappa shape index (κ2) is 10.6. The molecule has 11 heteroatoms. The fourth-order valence-corrected chi connectivity index (χ4v) is 4.08. The van der Waals surface area contributed by atoms with Crippen LogP contribution >= 0.6 is 0 Å². The maximum atomic E-state index is 13.5. The quantitative estimate of drug-likeness (QED) is 0.483. The molecule has 1 amide bonds. The molecular formula is C25H24F2N4O5. The molecule has 1 saturated heterocycles. The molecule has 2 aromatic carbocycles. The SMILES string of the molecule is CCOC(=O)[C@@H]1CCCN(C(=O)c2nn(-c3ccc(F)cc3)c(=O)n(Cc3ccc(F)cc3)c2=O)C1. The Balaban J connectivity index is 1.78. The molecular weight excluding hydrogens is 474 g/mol. The lowest BCUT2D eigenvalue weighted by Gasteiger charge is -2.31. The summed E-state index contributed by atoms with van der Waals surface area (Å²) in [5.74, 6) is -2.72. The van der Waals surface area contributed by atoms with Crippen LogP contribution in [0.4, 0.5) is 8.78 Å². The van der Waals surface area contributed by atoms with Crippen molar-refractivity contribution in [2.45, 2.75) is 26.3 Å². The van der Waals surface area contributed by atoms with E-state index in [9.17, 15) is 28.0 Å². The first-order valence-electron chi connectivity index (χ1n) is 11.5. The standard InChI is InChI=1S/C25H24F2N4O5/c1-2-36-24(34)17-4-3-13-29(15-17)22(32)21-23(33)30(14-16-5-7-18(26)8-6-16)25(35)31(28-21)20-11-9-19(27)10-12-20/h5-12,17H,2-4,13-15H2,1H3/t17-/m1/s1. The molecule has 36 heavy (non-hydrogen) atoms. The molecule has 0 saturated carbocycles. The van der Waals surface area contributed by atoms with Crippen LogP contribution in [0.2, 0.25) is 0 Å². The Morgan fingerprint density at radius 2 is 1.67 bits per heavy atom. The fraction of sp³-hybridized carbons (Fsp3) is 0.320. The summed E-state index contributed by atoms with van der Waals surface area (Å²) in [7, 11) is 0. The number of halogens is 2. The Labute approximate surface area is 204 Å². The van der Waals surface area contributed by atoms with Crippen LogP contribution in [0.1, 0.15) is 35.8 Å². The van der Waals surface area contributed by atoms with Gasteiger partial charge in [0, 0.05) is 13.1 Å². The number of nitrogens with zero attached hydrogens (tertiary/aromatic N) is 4. The molecule has 1 aliphatic rings. The number of hydrogen-bond acceptors (Lipinski definition) is 6. The van der Waals surface area contributed by atoms with Crippen LogP contribution in [0.25, 0.3) is 5.69 Å². The minimum atomic E-state index is -0.925. The van der Waals surface area contributed by atoms with Gasteiger partial charge in [0.1, 0.15) is 11.6 Å². The molecule has 0 N–H and O–H groups in total. The Hall–Kier alpha value is -4.15. The number of benzene rings is 2. The van der Waals surface area contributed by atoms with E-state index in [1.54, 1.807) is 6.92 Å². The van der Waals surface area contributed by atoms with E-state index in [4.69, 9.17) is 4.74 Å². The van der Waals surface area contributed by atoms with E-state index in [1.807, 2.05) is 0 Å². The van der Waals surface area contributed by atoms with Gasteiger partial charge in [0.25, 0.3) is 11.5 Å². The van der Waals surface area contributed by atoms with Gasteiger partial charge in [-0.1, -0.05) is 12.1 Å². The maximum Gasteiger partial charge on any atom is 0.352 e. The number of esters is 1. The topological polar surface area (TPSA) is 104 Å². The van der Waals surface area contributed by atoms with Crippen molar-refractivity contribution < 1.29 is 23.1 Å². The Morgan fingerprint density at radius 1 is 1.03 bits per heavy atom. The molecule has 1 fully saturated rings. The Kier molecular flexibility index (Phi) is 7.37. The molecule has 0 unspecified atom stereocenters. The fourth-order valence-electron chi connectivity index (χ4n) is 4.08. The average Bonchev–Trinajstić information content (AvgIpc) is 2.88. The zero-order valence-corrected chi connectivity index (χ0v) is 19.5. The van der Waals surface area contributed by atoms with Crippen molar-refractivity contribution in [1.82, 2.24) is 19.2 Å². The van der Waals surface area contributed by atoms with Gasteiger partial charge in [0.2, 0.25) is 5.69 Å². The summed E-state index contributed by atoms with van der Waals surface area (Å²) in [6, 6.07) is 10.0. The number of carbonyl (C=O) groups is 2. The highest BCUT2D eigenvalue weighted by Gasteiger charge is 2.32. The normalized spacial score (nSPS) is 15.5. The molecule has 2 heterocycles. The molecule has 0 aliphatic carbocycles. The summed E-state index contributed by atoms with van der Waals surface area (Å²) in [4.78, 5) is 53.5. The lowest BCUT2D eigenvalue weighted by Crippen LogP contribution is -2.49. The van der Waals surface area contributed by atoms with Gasteiger partial charge >= 0.3 is 11.7 Å². The highest BCUT2D eigenvalue weighted by atomic mass is 19.1. The van der Waals surface area contributed by atoms with Gasteiger partial charge < -0.3 is 9.64 Å². The van der Waals surface area contributed by atoms with Gasteiger partial charge in [-0.25, -0.2) is 13.6 Å². The number of aromatic nitrogens is 3. The summed E-state index contributed by atoms with van der Waals surface area (Å²) in [6.45, 7) is 2.00. The number of likely N-dealkylation sites (tertiary alicyclic amines) is 1. The van der Waals surface area contributed by atoms with E-state index in [0.29, 0.717) is 24.9 Å². The highest BCUT2D eigenvalue weighted by molar-refractivity contribution is 5.92. The second-order valence-electron chi connectivity index (χ2n) is 8.38. The molecule has 188 valence electrons. The van der Waals surface area contributed by atoms with Crippen molar-refractivity contribution in [3.63, 3.8) is 0 Å².